The number of benzene rings is 1. The van der Waals surface area contributed by atoms with Gasteiger partial charge in [-0.15, -0.1) is 0 Å². The number of carbonyl (C=O) groups is 5. The van der Waals surface area contributed by atoms with Crippen LogP contribution in [-0.2, 0) is 23.9 Å². The third-order valence-corrected chi connectivity index (χ3v) is 6.19. The summed E-state index contributed by atoms with van der Waals surface area (Å²) in [7, 11) is 0. The van der Waals surface area contributed by atoms with Gasteiger partial charge in [0.2, 0.25) is 11.8 Å². The second kappa shape index (κ2) is 9.98. The minimum Gasteiger partial charge on any atom is -0.461 e. The van der Waals surface area contributed by atoms with Crippen LogP contribution in [0.4, 0.5) is 0 Å². The molecule has 1 aliphatic heterocycles. The number of rotatable bonds is 7. The summed E-state index contributed by atoms with van der Waals surface area (Å²) in [5, 5.41) is 2.27. The molecule has 2 amide bonds. The average molecular weight is 427 g/mol. The van der Waals surface area contributed by atoms with Gasteiger partial charge in [0.15, 0.2) is 5.78 Å². The number of hydrogen-bond donors (Lipinski definition) is 1. The lowest BCUT2D eigenvalue weighted by Crippen LogP contribution is -2.44. The number of piperidine rings is 1. The summed E-state index contributed by atoms with van der Waals surface area (Å²) >= 11 is 0. The topological polar surface area (TPSA) is 107 Å². The van der Waals surface area contributed by atoms with Crippen molar-refractivity contribution in [1.29, 1.82) is 0 Å². The van der Waals surface area contributed by atoms with Gasteiger partial charge in [0.1, 0.15) is 18.3 Å². The number of hydrogen-bond acceptors (Lipinski definition) is 6. The van der Waals surface area contributed by atoms with Crippen LogP contribution in [0.2, 0.25) is 0 Å². The standard InChI is InChI=1S/C24H29NO6/c1-14-8-15(2)24(30)18(9-14)20(10-16-11-21(27)25-22(28)12-16)31-23(29)13-19(26)17-6-4-3-5-7-17/h3-7,14-16,18,20H,8-13H2,1-2H3,(H,25,27,28)/t14-,15+,18+,20-/m1/s1. The second-order valence-corrected chi connectivity index (χ2v) is 8.96. The molecule has 0 spiro atoms. The first-order valence-electron chi connectivity index (χ1n) is 10.9. The molecular weight excluding hydrogens is 398 g/mol. The molecule has 1 heterocycles. The number of amides is 2. The summed E-state index contributed by atoms with van der Waals surface area (Å²) in [6, 6.07) is 8.48. The monoisotopic (exact) mass is 427 g/mol. The van der Waals surface area contributed by atoms with Gasteiger partial charge in [-0.25, -0.2) is 0 Å². The fraction of sp³-hybridized carbons (Fsp3) is 0.542. The van der Waals surface area contributed by atoms with Crippen LogP contribution in [0, 0.1) is 23.7 Å². The summed E-state index contributed by atoms with van der Waals surface area (Å²) in [5.74, 6) is -2.36. The van der Waals surface area contributed by atoms with Crippen molar-refractivity contribution in [3.05, 3.63) is 35.9 Å². The number of esters is 1. The van der Waals surface area contributed by atoms with E-state index >= 15 is 0 Å². The highest BCUT2D eigenvalue weighted by Crippen LogP contribution is 2.36. The maximum atomic E-state index is 12.9. The van der Waals surface area contributed by atoms with Gasteiger partial charge in [0.05, 0.1) is 5.92 Å². The van der Waals surface area contributed by atoms with Gasteiger partial charge in [-0.2, -0.15) is 0 Å². The maximum Gasteiger partial charge on any atom is 0.313 e. The van der Waals surface area contributed by atoms with Crippen LogP contribution in [0.3, 0.4) is 0 Å². The molecule has 2 fully saturated rings. The smallest absolute Gasteiger partial charge is 0.313 e. The van der Waals surface area contributed by atoms with Crippen molar-refractivity contribution in [2.75, 3.05) is 0 Å². The fourth-order valence-corrected chi connectivity index (χ4v) is 4.78. The third-order valence-electron chi connectivity index (χ3n) is 6.19. The van der Waals surface area contributed by atoms with Gasteiger partial charge in [-0.3, -0.25) is 29.3 Å². The van der Waals surface area contributed by atoms with Gasteiger partial charge < -0.3 is 4.74 Å². The summed E-state index contributed by atoms with van der Waals surface area (Å²) in [6.45, 7) is 3.94. The van der Waals surface area contributed by atoms with Crippen molar-refractivity contribution in [1.82, 2.24) is 5.32 Å². The quantitative estimate of drug-likeness (QED) is 0.310. The molecule has 0 radical (unpaired) electrons. The van der Waals surface area contributed by atoms with Gasteiger partial charge in [-0.1, -0.05) is 44.2 Å². The van der Waals surface area contributed by atoms with Crippen LogP contribution < -0.4 is 5.32 Å². The van der Waals surface area contributed by atoms with E-state index in [4.69, 9.17) is 4.74 Å². The van der Waals surface area contributed by atoms with E-state index in [-0.39, 0.29) is 54.5 Å². The van der Waals surface area contributed by atoms with Crippen molar-refractivity contribution in [2.45, 2.75) is 58.5 Å². The fourth-order valence-electron chi connectivity index (χ4n) is 4.78. The van der Waals surface area contributed by atoms with E-state index in [2.05, 4.69) is 12.2 Å². The van der Waals surface area contributed by atoms with Crippen LogP contribution in [0.15, 0.2) is 30.3 Å². The molecule has 7 heteroatoms. The van der Waals surface area contributed by atoms with E-state index in [0.29, 0.717) is 17.9 Å². The number of carbonyl (C=O) groups excluding carboxylic acids is 5. The Hall–Kier alpha value is -2.83. The second-order valence-electron chi connectivity index (χ2n) is 8.96. The molecule has 3 rings (SSSR count). The largest absolute Gasteiger partial charge is 0.461 e. The van der Waals surface area contributed by atoms with Crippen molar-refractivity contribution in [2.24, 2.45) is 23.7 Å². The van der Waals surface area contributed by atoms with E-state index in [1.807, 2.05) is 6.92 Å². The molecule has 2 aliphatic rings. The van der Waals surface area contributed by atoms with Gasteiger partial charge in [0.25, 0.3) is 0 Å². The Morgan fingerprint density at radius 3 is 2.32 bits per heavy atom. The molecule has 7 nitrogen and oxygen atoms in total. The number of nitrogens with one attached hydrogen (secondary N) is 1. The molecular formula is C24H29NO6. The molecule has 0 bridgehead atoms. The normalized spacial score (nSPS) is 25.6. The molecule has 166 valence electrons. The molecule has 1 saturated carbocycles. The zero-order valence-corrected chi connectivity index (χ0v) is 18.0. The SMILES string of the molecule is C[C@H]1C[C@@H]([C@@H](CC2CC(=O)NC(=O)C2)OC(=O)CC(=O)c2ccccc2)C(=O)[C@@H](C)C1. The van der Waals surface area contributed by atoms with Gasteiger partial charge in [0, 0.05) is 24.3 Å². The maximum absolute atomic E-state index is 12.9. The Balaban J connectivity index is 1.73. The first-order chi connectivity index (χ1) is 14.7. The molecule has 1 aromatic carbocycles. The number of ketones is 2. The van der Waals surface area contributed by atoms with Crippen LogP contribution in [0.5, 0.6) is 0 Å². The molecule has 31 heavy (non-hydrogen) atoms. The van der Waals surface area contributed by atoms with Crippen LogP contribution in [0.1, 0.15) is 62.7 Å². The highest BCUT2D eigenvalue weighted by molar-refractivity contribution is 6.06. The first-order valence-corrected chi connectivity index (χ1v) is 10.9. The molecule has 1 aliphatic carbocycles. The van der Waals surface area contributed by atoms with Gasteiger partial charge in [-0.05, 0) is 31.1 Å². The highest BCUT2D eigenvalue weighted by atomic mass is 16.5. The Morgan fingerprint density at radius 2 is 1.68 bits per heavy atom. The Labute approximate surface area is 181 Å². The molecule has 1 aromatic rings. The zero-order valence-electron chi connectivity index (χ0n) is 18.0. The Morgan fingerprint density at radius 1 is 1.03 bits per heavy atom. The molecule has 0 unspecified atom stereocenters. The lowest BCUT2D eigenvalue weighted by molar-refractivity contribution is -0.156. The lowest BCUT2D eigenvalue weighted by Gasteiger charge is -2.36. The Bertz CT molecular complexity index is 848. The molecule has 1 saturated heterocycles. The number of ether oxygens (including phenoxy) is 1. The van der Waals surface area contributed by atoms with E-state index in [1.54, 1.807) is 30.3 Å². The van der Waals surface area contributed by atoms with Crippen molar-refractivity contribution < 1.29 is 28.7 Å². The lowest BCUT2D eigenvalue weighted by atomic mass is 9.71. The number of imide groups is 1. The summed E-state index contributed by atoms with van der Waals surface area (Å²) in [5.41, 5.74) is 0.418. The van der Waals surface area contributed by atoms with Crippen LogP contribution >= 0.6 is 0 Å². The Kier molecular flexibility index (Phi) is 7.36. The van der Waals surface area contributed by atoms with E-state index < -0.39 is 24.4 Å². The summed E-state index contributed by atoms with van der Waals surface area (Å²) in [6.07, 6.45) is 0.742. The van der Waals surface area contributed by atoms with Crippen molar-refractivity contribution in [3.63, 3.8) is 0 Å². The molecule has 1 N–H and O–H groups in total. The zero-order chi connectivity index (χ0) is 22.5. The van der Waals surface area contributed by atoms with Crippen molar-refractivity contribution >= 4 is 29.4 Å². The molecule has 4 atom stereocenters. The minimum atomic E-state index is -0.752. The predicted octanol–water partition coefficient (Wildman–Crippen LogP) is 2.87. The number of Topliss-reactive ketones (excluding diaryl/α,β-unsaturated/α-hetero) is 2. The van der Waals surface area contributed by atoms with Gasteiger partial charge >= 0.3 is 5.97 Å². The summed E-state index contributed by atoms with van der Waals surface area (Å²) < 4.78 is 5.70. The van der Waals surface area contributed by atoms with Crippen molar-refractivity contribution in [3.8, 4) is 0 Å². The molecule has 0 aromatic heterocycles. The average Bonchev–Trinajstić information content (AvgIpc) is 2.70. The third kappa shape index (κ3) is 6.09. The van der Waals surface area contributed by atoms with E-state index in [1.165, 1.54) is 0 Å². The predicted molar refractivity (Wildman–Crippen MR) is 112 cm³/mol. The summed E-state index contributed by atoms with van der Waals surface area (Å²) in [4.78, 5) is 61.5. The highest BCUT2D eigenvalue weighted by Gasteiger charge is 2.41. The minimum absolute atomic E-state index is 0.0388. The first kappa shape index (κ1) is 22.8. The van der Waals surface area contributed by atoms with E-state index in [0.717, 1.165) is 6.42 Å². The van der Waals surface area contributed by atoms with Crippen LogP contribution in [0.25, 0.3) is 0 Å². The van der Waals surface area contributed by atoms with E-state index in [9.17, 15) is 24.0 Å². The van der Waals surface area contributed by atoms with Crippen LogP contribution in [-0.4, -0.2) is 35.5 Å².